The van der Waals surface area contributed by atoms with Crippen molar-refractivity contribution in [1.82, 2.24) is 9.78 Å². The average molecular weight is 480 g/mol. The van der Waals surface area contributed by atoms with E-state index >= 15 is 0 Å². The Morgan fingerprint density at radius 2 is 1.74 bits per heavy atom. The van der Waals surface area contributed by atoms with Gasteiger partial charge in [0.1, 0.15) is 12.5 Å². The normalized spacial score (nSPS) is 17.0. The Morgan fingerprint density at radius 3 is 2.44 bits per heavy atom. The molecule has 0 N–H and O–H groups in total. The van der Waals surface area contributed by atoms with Crippen LogP contribution >= 0.6 is 11.6 Å². The van der Waals surface area contributed by atoms with Gasteiger partial charge in [-0.1, -0.05) is 73.5 Å². The number of nitrogens with zero attached hydrogens (tertiary/aromatic N) is 3. The molecule has 34 heavy (non-hydrogen) atoms. The van der Waals surface area contributed by atoms with Crippen LogP contribution in [0.2, 0.25) is 5.02 Å². The van der Waals surface area contributed by atoms with Crippen LogP contribution in [-0.2, 0) is 20.9 Å². The van der Waals surface area contributed by atoms with Crippen LogP contribution in [0.25, 0.3) is 0 Å². The largest absolute Gasteiger partial charge is 0.465 e. The smallest absolute Gasteiger partial charge is 0.437 e. The fourth-order valence-corrected chi connectivity index (χ4v) is 4.48. The molecule has 0 fully saturated rings. The van der Waals surface area contributed by atoms with Crippen molar-refractivity contribution in [2.75, 3.05) is 6.61 Å². The molecule has 3 aromatic rings. The maximum absolute atomic E-state index is 13.1. The molecule has 0 saturated heterocycles. The van der Waals surface area contributed by atoms with E-state index < -0.39 is 17.9 Å². The highest BCUT2D eigenvalue weighted by atomic mass is 35.5. The minimum atomic E-state index is -0.662. The lowest BCUT2D eigenvalue weighted by Gasteiger charge is -2.31. The van der Waals surface area contributed by atoms with Gasteiger partial charge in [0.15, 0.2) is 5.82 Å². The van der Waals surface area contributed by atoms with Crippen LogP contribution in [-0.4, -0.2) is 34.2 Å². The highest BCUT2D eigenvalue weighted by molar-refractivity contribution is 6.31. The van der Waals surface area contributed by atoms with E-state index in [-0.39, 0.29) is 19.2 Å². The van der Waals surface area contributed by atoms with E-state index in [0.29, 0.717) is 28.5 Å². The molecule has 2 aromatic carbocycles. The van der Waals surface area contributed by atoms with Gasteiger partial charge in [-0.2, -0.15) is 5.10 Å². The van der Waals surface area contributed by atoms with Crippen LogP contribution in [0.3, 0.4) is 0 Å². The lowest BCUT2D eigenvalue weighted by molar-refractivity contribution is -0.146. The Balaban J connectivity index is 1.77. The van der Waals surface area contributed by atoms with E-state index in [1.807, 2.05) is 55.5 Å². The highest BCUT2D eigenvalue weighted by Gasteiger charge is 2.42. The molecule has 0 radical (unpaired) electrons. The minimum Gasteiger partial charge on any atom is -0.465 e. The van der Waals surface area contributed by atoms with Crippen molar-refractivity contribution in [2.45, 2.75) is 39.2 Å². The Hall–Kier alpha value is -3.45. The first-order valence-electron chi connectivity index (χ1n) is 11.3. The summed E-state index contributed by atoms with van der Waals surface area (Å²) in [5.74, 6) is -1.17. The molecule has 2 heterocycles. The molecule has 8 heteroatoms. The molecule has 0 saturated carbocycles. The number of aromatic nitrogens is 2. The molecule has 1 aliphatic heterocycles. The number of benzene rings is 2. The third kappa shape index (κ3) is 4.75. The molecular weight excluding hydrogens is 454 g/mol. The van der Waals surface area contributed by atoms with Crippen molar-refractivity contribution < 1.29 is 19.1 Å². The summed E-state index contributed by atoms with van der Waals surface area (Å²) in [4.78, 5) is 30.8. The zero-order valence-corrected chi connectivity index (χ0v) is 19.9. The minimum absolute atomic E-state index is 0.110. The summed E-state index contributed by atoms with van der Waals surface area (Å²) in [6.45, 7) is 4.14. The predicted octanol–water partition coefficient (Wildman–Crippen LogP) is 5.92. The first-order valence-corrected chi connectivity index (χ1v) is 11.7. The van der Waals surface area contributed by atoms with Gasteiger partial charge in [-0.15, -0.1) is 4.68 Å². The summed E-state index contributed by atoms with van der Waals surface area (Å²) in [6, 6.07) is 16.8. The van der Waals surface area contributed by atoms with E-state index in [2.05, 4.69) is 5.10 Å². The number of hydrogen-bond acceptors (Lipinski definition) is 6. The van der Waals surface area contributed by atoms with Crippen LogP contribution in [0.1, 0.15) is 49.3 Å². The van der Waals surface area contributed by atoms with Crippen LogP contribution in [0.5, 0.6) is 0 Å². The summed E-state index contributed by atoms with van der Waals surface area (Å²) >= 11 is 6.57. The summed E-state index contributed by atoms with van der Waals surface area (Å²) in [5.41, 5.74) is 2.88. The molecule has 0 amide bonds. The number of rotatable bonds is 7. The molecular formula is C26H26ClN3O4. The molecule has 1 aliphatic rings. The van der Waals surface area contributed by atoms with Gasteiger partial charge in [0, 0.05) is 22.2 Å². The Morgan fingerprint density at radius 1 is 1.00 bits per heavy atom. The van der Waals surface area contributed by atoms with Crippen molar-refractivity contribution in [3.63, 3.8) is 0 Å². The van der Waals surface area contributed by atoms with Crippen LogP contribution in [0, 0.1) is 5.92 Å². The second kappa shape index (κ2) is 10.7. The lowest BCUT2D eigenvalue weighted by Crippen LogP contribution is -2.35. The third-order valence-corrected chi connectivity index (χ3v) is 6.06. The van der Waals surface area contributed by atoms with Crippen molar-refractivity contribution in [1.29, 1.82) is 0 Å². The van der Waals surface area contributed by atoms with Crippen LogP contribution in [0.15, 0.2) is 65.8 Å². The quantitative estimate of drug-likeness (QED) is 0.393. The van der Waals surface area contributed by atoms with E-state index in [9.17, 15) is 9.59 Å². The summed E-state index contributed by atoms with van der Waals surface area (Å²) in [6.07, 6.45) is 2.25. The number of carbonyl (C=O) groups excluding carboxylic acids is 2. The molecule has 0 bridgehead atoms. The SMILES string of the molecule is CCCC1=Nc2c(cnn2C(=O)OCc2ccccc2)C(c2ccccc2Cl)C1C(=O)OCC. The standard InChI is InChI=1S/C26H26ClN3O4/c1-3-10-21-23(25(31)33-4-2)22(18-13-8-9-14-20(18)27)19-15-28-30(24(19)29-21)26(32)34-16-17-11-6-5-7-12-17/h5-9,11-15,22-23H,3-4,10,16H2,1-2H3. The van der Waals surface area contributed by atoms with E-state index in [1.165, 1.54) is 0 Å². The molecule has 1 aromatic heterocycles. The van der Waals surface area contributed by atoms with Gasteiger partial charge in [0.05, 0.1) is 12.8 Å². The van der Waals surface area contributed by atoms with Crippen molar-refractivity contribution in [2.24, 2.45) is 10.9 Å². The maximum atomic E-state index is 13.1. The van der Waals surface area contributed by atoms with Gasteiger partial charge < -0.3 is 9.47 Å². The molecule has 2 atom stereocenters. The number of esters is 1. The first kappa shape index (κ1) is 23.7. The van der Waals surface area contributed by atoms with Gasteiger partial charge >= 0.3 is 12.1 Å². The zero-order chi connectivity index (χ0) is 24.1. The van der Waals surface area contributed by atoms with Gasteiger partial charge in [0.25, 0.3) is 0 Å². The number of halogens is 1. The maximum Gasteiger partial charge on any atom is 0.437 e. The topological polar surface area (TPSA) is 82.8 Å². The number of fused-ring (bicyclic) bond motifs is 1. The first-order chi connectivity index (χ1) is 16.5. The number of ether oxygens (including phenoxy) is 2. The average Bonchev–Trinajstić information content (AvgIpc) is 3.27. The molecule has 0 aliphatic carbocycles. The molecule has 7 nitrogen and oxygen atoms in total. The predicted molar refractivity (Wildman–Crippen MR) is 130 cm³/mol. The molecule has 2 unspecified atom stereocenters. The summed E-state index contributed by atoms with van der Waals surface area (Å²) < 4.78 is 12.1. The Kier molecular flexibility index (Phi) is 7.43. The summed E-state index contributed by atoms with van der Waals surface area (Å²) in [5, 5.41) is 4.81. The van der Waals surface area contributed by atoms with Crippen molar-refractivity contribution >= 4 is 35.2 Å². The number of aliphatic imine (C=N–C) groups is 1. The monoisotopic (exact) mass is 479 g/mol. The second-order valence-electron chi connectivity index (χ2n) is 7.96. The fraction of sp³-hybridized carbons (Fsp3) is 0.308. The van der Waals surface area contributed by atoms with E-state index in [4.69, 9.17) is 26.1 Å². The lowest BCUT2D eigenvalue weighted by atomic mass is 9.76. The second-order valence-corrected chi connectivity index (χ2v) is 8.36. The van der Waals surface area contributed by atoms with Crippen LogP contribution < -0.4 is 0 Å². The van der Waals surface area contributed by atoms with Gasteiger partial charge in [0.2, 0.25) is 0 Å². The van der Waals surface area contributed by atoms with Gasteiger partial charge in [-0.05, 0) is 30.5 Å². The van der Waals surface area contributed by atoms with E-state index in [0.717, 1.165) is 22.2 Å². The van der Waals surface area contributed by atoms with Gasteiger partial charge in [-0.25, -0.2) is 9.79 Å². The third-order valence-electron chi connectivity index (χ3n) is 5.71. The van der Waals surface area contributed by atoms with Crippen molar-refractivity contribution in [3.8, 4) is 0 Å². The fourth-order valence-electron chi connectivity index (χ4n) is 4.22. The Bertz CT molecular complexity index is 1210. The number of carbonyl (C=O) groups is 2. The molecule has 4 rings (SSSR count). The van der Waals surface area contributed by atoms with E-state index in [1.54, 1.807) is 19.2 Å². The highest BCUT2D eigenvalue weighted by Crippen LogP contribution is 2.45. The summed E-state index contributed by atoms with van der Waals surface area (Å²) in [7, 11) is 0. The Labute approximate surface area is 203 Å². The zero-order valence-electron chi connectivity index (χ0n) is 19.1. The molecule has 0 spiro atoms. The molecule has 176 valence electrons. The van der Waals surface area contributed by atoms with Crippen LogP contribution in [0.4, 0.5) is 10.6 Å². The van der Waals surface area contributed by atoms with Gasteiger partial charge in [-0.3, -0.25) is 4.79 Å². The number of hydrogen-bond donors (Lipinski definition) is 0. The van der Waals surface area contributed by atoms with Crippen molar-refractivity contribution in [3.05, 3.63) is 82.5 Å².